The fourth-order valence-electron chi connectivity index (χ4n) is 3.09. The van der Waals surface area contributed by atoms with E-state index in [2.05, 4.69) is 17.0 Å². The molecule has 2 aromatic rings. The van der Waals surface area contributed by atoms with E-state index in [1.807, 2.05) is 53.2 Å². The van der Waals surface area contributed by atoms with Crippen LogP contribution in [-0.2, 0) is 11.3 Å². The van der Waals surface area contributed by atoms with E-state index in [-0.39, 0.29) is 5.91 Å². The number of benzene rings is 2. The minimum absolute atomic E-state index is 0.161. The topological polar surface area (TPSA) is 26.8 Å². The SMILES string of the molecule is CN(CC(=O)N1CCN(Cc2ccc(Cl)cc2)CC1)c1ccc(Cl)cc1. The quantitative estimate of drug-likeness (QED) is 0.775. The minimum Gasteiger partial charge on any atom is -0.365 e. The van der Waals surface area contributed by atoms with E-state index in [9.17, 15) is 4.79 Å². The van der Waals surface area contributed by atoms with Crippen LogP contribution < -0.4 is 4.90 Å². The number of carbonyl (C=O) groups is 1. The zero-order chi connectivity index (χ0) is 18.5. The fraction of sp³-hybridized carbons (Fsp3) is 0.350. The molecule has 3 rings (SSSR count). The molecule has 4 nitrogen and oxygen atoms in total. The van der Waals surface area contributed by atoms with Gasteiger partial charge in [-0.05, 0) is 42.0 Å². The smallest absolute Gasteiger partial charge is 0.242 e. The Bertz CT molecular complexity index is 726. The fourth-order valence-corrected chi connectivity index (χ4v) is 3.35. The molecule has 1 aliphatic heterocycles. The van der Waals surface area contributed by atoms with Gasteiger partial charge in [0.1, 0.15) is 0 Å². The van der Waals surface area contributed by atoms with Gasteiger partial charge in [-0.15, -0.1) is 0 Å². The van der Waals surface area contributed by atoms with Crippen molar-refractivity contribution in [1.82, 2.24) is 9.80 Å². The second kappa shape index (κ2) is 8.76. The summed E-state index contributed by atoms with van der Waals surface area (Å²) in [6, 6.07) is 15.5. The van der Waals surface area contributed by atoms with Crippen LogP contribution in [-0.4, -0.2) is 55.5 Å². The van der Waals surface area contributed by atoms with Gasteiger partial charge in [-0.2, -0.15) is 0 Å². The van der Waals surface area contributed by atoms with E-state index in [0.717, 1.165) is 43.4 Å². The Labute approximate surface area is 164 Å². The number of rotatable bonds is 5. The van der Waals surface area contributed by atoms with E-state index < -0.39 is 0 Å². The Morgan fingerprint density at radius 1 is 0.923 bits per heavy atom. The Morgan fingerprint density at radius 2 is 1.46 bits per heavy atom. The molecule has 0 saturated carbocycles. The highest BCUT2D eigenvalue weighted by Crippen LogP contribution is 2.17. The van der Waals surface area contributed by atoms with Gasteiger partial charge in [0.15, 0.2) is 0 Å². The van der Waals surface area contributed by atoms with E-state index >= 15 is 0 Å². The van der Waals surface area contributed by atoms with Crippen molar-refractivity contribution >= 4 is 34.8 Å². The highest BCUT2D eigenvalue weighted by Gasteiger charge is 2.22. The first-order valence-electron chi connectivity index (χ1n) is 8.72. The molecule has 0 N–H and O–H groups in total. The number of carbonyl (C=O) groups excluding carboxylic acids is 1. The largest absolute Gasteiger partial charge is 0.365 e. The Balaban J connectivity index is 1.47. The normalized spacial score (nSPS) is 15.1. The summed E-state index contributed by atoms with van der Waals surface area (Å²) in [6.45, 7) is 4.57. The third-order valence-electron chi connectivity index (χ3n) is 4.68. The molecular formula is C20H23Cl2N3O. The monoisotopic (exact) mass is 391 g/mol. The molecular weight excluding hydrogens is 369 g/mol. The molecule has 1 fully saturated rings. The van der Waals surface area contributed by atoms with Crippen molar-refractivity contribution < 1.29 is 4.79 Å². The second-order valence-electron chi connectivity index (χ2n) is 6.62. The summed E-state index contributed by atoms with van der Waals surface area (Å²) in [5.74, 6) is 0.161. The zero-order valence-corrected chi connectivity index (χ0v) is 16.4. The summed E-state index contributed by atoms with van der Waals surface area (Å²) in [7, 11) is 1.93. The molecule has 1 amide bonds. The average Bonchev–Trinajstić information content (AvgIpc) is 2.64. The summed E-state index contributed by atoms with van der Waals surface area (Å²) in [6.07, 6.45) is 0. The van der Waals surface area contributed by atoms with E-state index in [0.29, 0.717) is 11.6 Å². The lowest BCUT2D eigenvalue weighted by Crippen LogP contribution is -2.50. The molecule has 1 aliphatic rings. The molecule has 0 aliphatic carbocycles. The van der Waals surface area contributed by atoms with Gasteiger partial charge in [0.25, 0.3) is 0 Å². The van der Waals surface area contributed by atoms with E-state index in [1.54, 1.807) is 0 Å². The molecule has 1 saturated heterocycles. The summed E-state index contributed by atoms with van der Waals surface area (Å²) in [5.41, 5.74) is 2.24. The average molecular weight is 392 g/mol. The van der Waals surface area contributed by atoms with Crippen LogP contribution >= 0.6 is 23.2 Å². The summed E-state index contributed by atoms with van der Waals surface area (Å²) in [5, 5.41) is 1.46. The van der Waals surface area contributed by atoms with Crippen LogP contribution in [0.2, 0.25) is 10.0 Å². The molecule has 6 heteroatoms. The summed E-state index contributed by atoms with van der Waals surface area (Å²) in [4.78, 5) is 18.9. The number of amides is 1. The number of piperazine rings is 1. The molecule has 1 heterocycles. The van der Waals surface area contributed by atoms with Gasteiger partial charge in [0, 0.05) is 55.5 Å². The van der Waals surface area contributed by atoms with Crippen molar-refractivity contribution in [3.05, 3.63) is 64.1 Å². The van der Waals surface area contributed by atoms with Gasteiger partial charge in [-0.3, -0.25) is 9.69 Å². The summed E-state index contributed by atoms with van der Waals surface area (Å²) >= 11 is 11.9. The number of hydrogen-bond donors (Lipinski definition) is 0. The number of likely N-dealkylation sites (N-methyl/N-ethyl adjacent to an activating group) is 1. The predicted octanol–water partition coefficient (Wildman–Crippen LogP) is 3.77. The van der Waals surface area contributed by atoms with Crippen molar-refractivity contribution in [3.8, 4) is 0 Å². The molecule has 0 atom stereocenters. The van der Waals surface area contributed by atoms with Crippen molar-refractivity contribution in [3.63, 3.8) is 0 Å². The lowest BCUT2D eigenvalue weighted by molar-refractivity contribution is -0.131. The van der Waals surface area contributed by atoms with Crippen molar-refractivity contribution in [2.24, 2.45) is 0 Å². The molecule has 0 bridgehead atoms. The Morgan fingerprint density at radius 3 is 2.04 bits per heavy atom. The molecule has 2 aromatic carbocycles. The second-order valence-corrected chi connectivity index (χ2v) is 7.49. The highest BCUT2D eigenvalue weighted by molar-refractivity contribution is 6.30. The van der Waals surface area contributed by atoms with Crippen molar-refractivity contribution in [2.45, 2.75) is 6.54 Å². The molecule has 0 unspecified atom stereocenters. The van der Waals surface area contributed by atoms with Crippen LogP contribution in [0.1, 0.15) is 5.56 Å². The maximum absolute atomic E-state index is 12.6. The Kier molecular flexibility index (Phi) is 6.41. The maximum Gasteiger partial charge on any atom is 0.242 e. The van der Waals surface area contributed by atoms with Gasteiger partial charge in [0.05, 0.1) is 6.54 Å². The maximum atomic E-state index is 12.6. The number of halogens is 2. The first-order chi connectivity index (χ1) is 12.5. The highest BCUT2D eigenvalue weighted by atomic mass is 35.5. The first-order valence-corrected chi connectivity index (χ1v) is 9.48. The van der Waals surface area contributed by atoms with E-state index in [1.165, 1.54) is 5.56 Å². The van der Waals surface area contributed by atoms with Crippen LogP contribution in [0.15, 0.2) is 48.5 Å². The zero-order valence-electron chi connectivity index (χ0n) is 14.9. The van der Waals surface area contributed by atoms with Crippen LogP contribution in [0.25, 0.3) is 0 Å². The van der Waals surface area contributed by atoms with Crippen LogP contribution in [0.5, 0.6) is 0 Å². The van der Waals surface area contributed by atoms with Crippen LogP contribution in [0, 0.1) is 0 Å². The summed E-state index contributed by atoms with van der Waals surface area (Å²) < 4.78 is 0. The molecule has 0 spiro atoms. The molecule has 138 valence electrons. The van der Waals surface area contributed by atoms with E-state index in [4.69, 9.17) is 23.2 Å². The van der Waals surface area contributed by atoms with Gasteiger partial charge in [-0.1, -0.05) is 35.3 Å². The van der Waals surface area contributed by atoms with Gasteiger partial charge in [-0.25, -0.2) is 0 Å². The third-order valence-corrected chi connectivity index (χ3v) is 5.19. The number of nitrogens with zero attached hydrogens (tertiary/aromatic N) is 3. The van der Waals surface area contributed by atoms with Gasteiger partial charge in [0.2, 0.25) is 5.91 Å². The van der Waals surface area contributed by atoms with Crippen molar-refractivity contribution in [1.29, 1.82) is 0 Å². The van der Waals surface area contributed by atoms with Crippen LogP contribution in [0.4, 0.5) is 5.69 Å². The molecule has 0 radical (unpaired) electrons. The first kappa shape index (κ1) is 19.0. The van der Waals surface area contributed by atoms with Gasteiger partial charge >= 0.3 is 0 Å². The Hall–Kier alpha value is -1.75. The lowest BCUT2D eigenvalue weighted by Gasteiger charge is -2.35. The predicted molar refractivity (Wildman–Crippen MR) is 108 cm³/mol. The van der Waals surface area contributed by atoms with Gasteiger partial charge < -0.3 is 9.80 Å². The van der Waals surface area contributed by atoms with Crippen LogP contribution in [0.3, 0.4) is 0 Å². The lowest BCUT2D eigenvalue weighted by atomic mass is 10.2. The number of hydrogen-bond acceptors (Lipinski definition) is 3. The minimum atomic E-state index is 0.161. The third kappa shape index (κ3) is 5.13. The molecule has 26 heavy (non-hydrogen) atoms. The molecule has 0 aromatic heterocycles. The standard InChI is InChI=1S/C20H23Cl2N3O/c1-23(19-8-6-18(22)7-9-19)15-20(26)25-12-10-24(11-13-25)14-16-2-4-17(21)5-3-16/h2-9H,10-15H2,1H3. The number of anilines is 1. The van der Waals surface area contributed by atoms with Crippen molar-refractivity contribution in [2.75, 3.05) is 44.7 Å².